The third-order valence-corrected chi connectivity index (χ3v) is 1.95. The van der Waals surface area contributed by atoms with E-state index in [1.54, 1.807) is 0 Å². The molecule has 2 heteroatoms. The molecule has 0 unspecified atom stereocenters. The van der Waals surface area contributed by atoms with E-state index in [0.29, 0.717) is 6.54 Å². The van der Waals surface area contributed by atoms with Gasteiger partial charge in [0, 0.05) is 5.69 Å². The molecule has 1 aromatic carbocycles. The Morgan fingerprint density at radius 1 is 1.38 bits per heavy atom. The highest BCUT2D eigenvalue weighted by Gasteiger charge is 1.92. The molecule has 0 heterocycles. The van der Waals surface area contributed by atoms with E-state index in [-0.39, 0.29) is 0 Å². The maximum atomic E-state index is 5.77. The van der Waals surface area contributed by atoms with Gasteiger partial charge in [-0.05, 0) is 37.1 Å². The molecule has 0 aliphatic heterocycles. The molecule has 0 aliphatic rings. The zero-order valence-corrected chi connectivity index (χ0v) is 7.96. The molecule has 0 saturated heterocycles. The van der Waals surface area contributed by atoms with E-state index in [1.807, 2.05) is 25.1 Å². The molecular formula is C11H16N2. The zero-order valence-electron chi connectivity index (χ0n) is 7.96. The molecule has 0 aromatic heterocycles. The predicted octanol–water partition coefficient (Wildman–Crippen LogP) is 1.94. The third kappa shape index (κ3) is 2.92. The lowest BCUT2D eigenvalue weighted by atomic mass is 10.1. The lowest BCUT2D eigenvalue weighted by molar-refractivity contribution is 1.01. The van der Waals surface area contributed by atoms with E-state index in [4.69, 9.17) is 11.5 Å². The molecule has 1 aromatic rings. The van der Waals surface area contributed by atoms with Crippen molar-refractivity contribution >= 4 is 11.8 Å². The fraction of sp³-hybridized carbons (Fsp3) is 0.273. The normalized spacial score (nSPS) is 10.9. The largest absolute Gasteiger partial charge is 0.398 e. The summed E-state index contributed by atoms with van der Waals surface area (Å²) in [6.45, 7) is 2.69. The molecule has 0 amide bonds. The Morgan fingerprint density at radius 2 is 2.15 bits per heavy atom. The van der Waals surface area contributed by atoms with Gasteiger partial charge in [-0.1, -0.05) is 24.3 Å². The number of aryl methyl sites for hydroxylation is 1. The summed E-state index contributed by atoms with van der Waals surface area (Å²) in [5.41, 5.74) is 14.2. The van der Waals surface area contributed by atoms with Crippen LogP contribution in [0.25, 0.3) is 6.08 Å². The summed E-state index contributed by atoms with van der Waals surface area (Å²) in [5.74, 6) is 0. The van der Waals surface area contributed by atoms with Gasteiger partial charge in [0.1, 0.15) is 0 Å². The summed E-state index contributed by atoms with van der Waals surface area (Å²) >= 11 is 0. The molecule has 1 rings (SSSR count). The zero-order chi connectivity index (χ0) is 9.68. The molecule has 0 fully saturated rings. The molecule has 0 saturated carbocycles. The van der Waals surface area contributed by atoms with Crippen molar-refractivity contribution in [3.05, 3.63) is 35.4 Å². The van der Waals surface area contributed by atoms with Crippen LogP contribution in [0.1, 0.15) is 17.5 Å². The van der Waals surface area contributed by atoms with Gasteiger partial charge in [0.05, 0.1) is 0 Å². The number of rotatable bonds is 3. The molecule has 4 N–H and O–H groups in total. The molecule has 0 aliphatic carbocycles. The van der Waals surface area contributed by atoms with Gasteiger partial charge in [-0.2, -0.15) is 0 Å². The van der Waals surface area contributed by atoms with Crippen LogP contribution in [0.2, 0.25) is 0 Å². The Morgan fingerprint density at radius 3 is 2.77 bits per heavy atom. The van der Waals surface area contributed by atoms with Crippen LogP contribution in [0.5, 0.6) is 0 Å². The molecule has 70 valence electrons. The van der Waals surface area contributed by atoms with Gasteiger partial charge in [-0.15, -0.1) is 0 Å². The molecular weight excluding hydrogens is 160 g/mol. The first kappa shape index (κ1) is 9.81. The van der Waals surface area contributed by atoms with Crippen molar-refractivity contribution in [3.8, 4) is 0 Å². The highest BCUT2D eigenvalue weighted by molar-refractivity contribution is 5.58. The minimum atomic E-state index is 0.692. The fourth-order valence-corrected chi connectivity index (χ4v) is 1.08. The Bertz CT molecular complexity index is 303. The van der Waals surface area contributed by atoms with Crippen LogP contribution in [-0.4, -0.2) is 6.54 Å². The number of nitrogens with two attached hydrogens (primary N) is 2. The van der Waals surface area contributed by atoms with Crippen LogP contribution >= 0.6 is 0 Å². The fourth-order valence-electron chi connectivity index (χ4n) is 1.08. The van der Waals surface area contributed by atoms with Gasteiger partial charge < -0.3 is 11.5 Å². The van der Waals surface area contributed by atoms with E-state index < -0.39 is 0 Å². The van der Waals surface area contributed by atoms with Crippen molar-refractivity contribution < 1.29 is 0 Å². The van der Waals surface area contributed by atoms with E-state index >= 15 is 0 Å². The Labute approximate surface area is 79.2 Å². The highest BCUT2D eigenvalue weighted by atomic mass is 14.5. The first-order chi connectivity index (χ1) is 6.24. The summed E-state index contributed by atoms with van der Waals surface area (Å²) in [7, 11) is 0. The minimum absolute atomic E-state index is 0.692. The monoisotopic (exact) mass is 176 g/mol. The molecule has 0 atom stereocenters. The highest BCUT2D eigenvalue weighted by Crippen LogP contribution is 2.13. The van der Waals surface area contributed by atoms with Gasteiger partial charge >= 0.3 is 0 Å². The van der Waals surface area contributed by atoms with Gasteiger partial charge in [-0.3, -0.25) is 0 Å². The molecule has 0 bridgehead atoms. The van der Waals surface area contributed by atoms with E-state index in [9.17, 15) is 0 Å². The second-order valence-corrected chi connectivity index (χ2v) is 3.10. The topological polar surface area (TPSA) is 52.0 Å². The van der Waals surface area contributed by atoms with Crippen LogP contribution in [0, 0.1) is 6.92 Å². The number of nitrogen functional groups attached to an aromatic ring is 1. The molecule has 0 spiro atoms. The van der Waals surface area contributed by atoms with Gasteiger partial charge in [0.25, 0.3) is 0 Å². The first-order valence-electron chi connectivity index (χ1n) is 4.47. The lowest BCUT2D eigenvalue weighted by Crippen LogP contribution is -1.95. The Hall–Kier alpha value is -1.28. The Balaban J connectivity index is 2.73. The molecule has 13 heavy (non-hydrogen) atoms. The molecule has 0 radical (unpaired) electrons. The lowest BCUT2D eigenvalue weighted by Gasteiger charge is -2.00. The summed E-state index contributed by atoms with van der Waals surface area (Å²) < 4.78 is 0. The van der Waals surface area contributed by atoms with Crippen LogP contribution in [0.3, 0.4) is 0 Å². The maximum Gasteiger partial charge on any atom is 0.0349 e. The number of anilines is 1. The quantitative estimate of drug-likeness (QED) is 0.691. The number of hydrogen-bond acceptors (Lipinski definition) is 2. The van der Waals surface area contributed by atoms with Crippen LogP contribution in [0.4, 0.5) is 5.69 Å². The average Bonchev–Trinajstić information content (AvgIpc) is 2.12. The van der Waals surface area contributed by atoms with Gasteiger partial charge in [0.15, 0.2) is 0 Å². The standard InChI is InChI=1S/C11H16N2/c1-9-5-6-10(8-11(9)13)4-2-3-7-12/h2,4-6,8H,3,7,12-13H2,1H3. The summed E-state index contributed by atoms with van der Waals surface area (Å²) in [5, 5.41) is 0. The molecule has 2 nitrogen and oxygen atoms in total. The van der Waals surface area contributed by atoms with Crippen molar-refractivity contribution in [2.75, 3.05) is 12.3 Å². The van der Waals surface area contributed by atoms with E-state index in [1.165, 1.54) is 0 Å². The average molecular weight is 176 g/mol. The van der Waals surface area contributed by atoms with Crippen molar-refractivity contribution in [3.63, 3.8) is 0 Å². The maximum absolute atomic E-state index is 5.77. The van der Waals surface area contributed by atoms with E-state index in [0.717, 1.165) is 23.2 Å². The summed E-state index contributed by atoms with van der Waals surface area (Å²) in [6, 6.07) is 6.05. The Kier molecular flexibility index (Phi) is 3.53. The van der Waals surface area contributed by atoms with Gasteiger partial charge in [-0.25, -0.2) is 0 Å². The number of hydrogen-bond donors (Lipinski definition) is 2. The SMILES string of the molecule is Cc1ccc(C=CCCN)cc1N. The van der Waals surface area contributed by atoms with Crippen molar-refractivity contribution in [1.29, 1.82) is 0 Å². The second-order valence-electron chi connectivity index (χ2n) is 3.10. The van der Waals surface area contributed by atoms with Crippen LogP contribution in [0.15, 0.2) is 24.3 Å². The third-order valence-electron chi connectivity index (χ3n) is 1.95. The predicted molar refractivity (Wildman–Crippen MR) is 58.3 cm³/mol. The smallest absolute Gasteiger partial charge is 0.0349 e. The van der Waals surface area contributed by atoms with E-state index in [2.05, 4.69) is 12.1 Å². The van der Waals surface area contributed by atoms with Crippen molar-refractivity contribution in [2.24, 2.45) is 5.73 Å². The minimum Gasteiger partial charge on any atom is -0.398 e. The first-order valence-corrected chi connectivity index (χ1v) is 4.47. The summed E-state index contributed by atoms with van der Waals surface area (Å²) in [6.07, 6.45) is 5.01. The van der Waals surface area contributed by atoms with Gasteiger partial charge in [0.2, 0.25) is 0 Å². The van der Waals surface area contributed by atoms with Crippen molar-refractivity contribution in [1.82, 2.24) is 0 Å². The number of benzene rings is 1. The second kappa shape index (κ2) is 4.67. The summed E-state index contributed by atoms with van der Waals surface area (Å²) in [4.78, 5) is 0. The van der Waals surface area contributed by atoms with Crippen LogP contribution in [-0.2, 0) is 0 Å². The van der Waals surface area contributed by atoms with Crippen molar-refractivity contribution in [2.45, 2.75) is 13.3 Å². The van der Waals surface area contributed by atoms with Crippen LogP contribution < -0.4 is 11.5 Å².